The van der Waals surface area contributed by atoms with E-state index in [1.807, 2.05) is 6.07 Å². The van der Waals surface area contributed by atoms with Crippen molar-refractivity contribution in [2.75, 3.05) is 13.1 Å². The fourth-order valence-electron chi connectivity index (χ4n) is 6.54. The second kappa shape index (κ2) is 4.43. The zero-order valence-electron chi connectivity index (χ0n) is 14.6. The third-order valence-corrected chi connectivity index (χ3v) is 7.85. The Morgan fingerprint density at radius 1 is 1.31 bits per heavy atom. The summed E-state index contributed by atoms with van der Waals surface area (Å²) in [5.74, 6) is 0.827. The van der Waals surface area contributed by atoms with Crippen molar-refractivity contribution >= 4 is 5.78 Å². The van der Waals surface area contributed by atoms with Gasteiger partial charge in [0, 0.05) is 30.7 Å². The topological polar surface area (TPSA) is 89.8 Å². The third kappa shape index (κ3) is 1.54. The smallest absolute Gasteiger partial charge is 0.174 e. The molecule has 6 nitrogen and oxygen atoms in total. The standard InChI is InChI=1S/C20H23NO5/c22-13-4-3-12-9-15-20(24)6-5-14(23)18-19(20,16(12)17(13)26-18)7-8-21(15,25)10-11-1-2-11/h3-4,11,15,18,22,24H,1-2,5-10H2/t15-,18+,19?,20?,21?/m1/s1. The van der Waals surface area contributed by atoms with Gasteiger partial charge in [-0.3, -0.25) is 4.79 Å². The lowest BCUT2D eigenvalue weighted by atomic mass is 9.49. The molecule has 3 unspecified atom stereocenters. The van der Waals surface area contributed by atoms with E-state index in [1.165, 1.54) is 0 Å². The summed E-state index contributed by atoms with van der Waals surface area (Å²) < 4.78 is 5.63. The maximum Gasteiger partial charge on any atom is 0.174 e. The molecule has 2 saturated carbocycles. The van der Waals surface area contributed by atoms with Crippen LogP contribution in [0.3, 0.4) is 0 Å². The number of benzene rings is 1. The highest BCUT2D eigenvalue weighted by Gasteiger charge is 2.76. The largest absolute Gasteiger partial charge is 0.632 e. The number of quaternary nitrogens is 1. The molecular formula is C20H23NO5. The van der Waals surface area contributed by atoms with E-state index >= 15 is 0 Å². The van der Waals surface area contributed by atoms with Crippen molar-refractivity contribution in [1.29, 1.82) is 0 Å². The first-order chi connectivity index (χ1) is 12.4. The molecule has 2 aliphatic heterocycles. The van der Waals surface area contributed by atoms with Gasteiger partial charge in [-0.1, -0.05) is 6.07 Å². The second-order valence-corrected chi connectivity index (χ2v) is 9.08. The van der Waals surface area contributed by atoms with E-state index in [1.54, 1.807) is 6.07 Å². The zero-order valence-corrected chi connectivity index (χ0v) is 14.6. The number of hydrogen-bond donors (Lipinski definition) is 2. The molecule has 2 bridgehead atoms. The number of ketones is 1. The van der Waals surface area contributed by atoms with Crippen molar-refractivity contribution in [3.8, 4) is 11.5 Å². The molecule has 0 radical (unpaired) electrons. The molecule has 2 heterocycles. The second-order valence-electron chi connectivity index (χ2n) is 9.08. The van der Waals surface area contributed by atoms with Crippen LogP contribution in [0.15, 0.2) is 12.1 Å². The molecule has 0 amide bonds. The lowest BCUT2D eigenvalue weighted by Gasteiger charge is -2.67. The van der Waals surface area contributed by atoms with Crippen molar-refractivity contribution in [1.82, 2.24) is 0 Å². The first kappa shape index (κ1) is 15.4. The number of likely N-dealkylation sites (tertiary alicyclic amines) is 1. The third-order valence-electron chi connectivity index (χ3n) is 7.85. The van der Waals surface area contributed by atoms with Crippen molar-refractivity contribution in [3.05, 3.63) is 28.5 Å². The van der Waals surface area contributed by atoms with Crippen LogP contribution in [-0.2, 0) is 16.6 Å². The molecule has 2 N–H and O–H groups in total. The van der Waals surface area contributed by atoms with E-state index in [4.69, 9.17) is 4.74 Å². The molecule has 5 atom stereocenters. The predicted molar refractivity (Wildman–Crippen MR) is 91.6 cm³/mol. The van der Waals surface area contributed by atoms with Crippen LogP contribution in [0.1, 0.15) is 43.2 Å². The van der Waals surface area contributed by atoms with Crippen LogP contribution in [0.25, 0.3) is 0 Å². The van der Waals surface area contributed by atoms with Crippen LogP contribution in [0.2, 0.25) is 0 Å². The maximum absolute atomic E-state index is 13.9. The maximum atomic E-state index is 13.9. The quantitative estimate of drug-likeness (QED) is 0.619. The summed E-state index contributed by atoms with van der Waals surface area (Å²) in [6, 6.07) is 2.98. The molecule has 3 aliphatic carbocycles. The summed E-state index contributed by atoms with van der Waals surface area (Å²) in [4.78, 5) is 12.7. The summed E-state index contributed by atoms with van der Waals surface area (Å²) in [5, 5.41) is 36.1. The average Bonchev–Trinajstić information content (AvgIpc) is 3.32. The molecule has 26 heavy (non-hydrogen) atoms. The summed E-state index contributed by atoms with van der Waals surface area (Å²) >= 11 is 0. The van der Waals surface area contributed by atoms with E-state index in [9.17, 15) is 20.2 Å². The number of piperidine rings is 1. The molecule has 3 fully saturated rings. The van der Waals surface area contributed by atoms with Gasteiger partial charge in [0.2, 0.25) is 0 Å². The number of phenols is 1. The van der Waals surface area contributed by atoms with Gasteiger partial charge in [0.05, 0.1) is 18.5 Å². The van der Waals surface area contributed by atoms with Gasteiger partial charge in [0.25, 0.3) is 0 Å². The highest BCUT2D eigenvalue weighted by molar-refractivity contribution is 5.90. The highest BCUT2D eigenvalue weighted by atomic mass is 16.6. The minimum atomic E-state index is -1.24. The first-order valence-electron chi connectivity index (χ1n) is 9.74. The van der Waals surface area contributed by atoms with Crippen LogP contribution >= 0.6 is 0 Å². The van der Waals surface area contributed by atoms with E-state index in [-0.39, 0.29) is 22.6 Å². The number of ether oxygens (including phenoxy) is 1. The number of nitrogens with zero attached hydrogens (tertiary/aromatic N) is 1. The van der Waals surface area contributed by atoms with E-state index in [2.05, 4.69) is 0 Å². The van der Waals surface area contributed by atoms with Gasteiger partial charge in [0.15, 0.2) is 23.4 Å². The average molecular weight is 357 g/mol. The van der Waals surface area contributed by atoms with E-state index in [0.29, 0.717) is 44.0 Å². The Labute approximate surface area is 151 Å². The minimum Gasteiger partial charge on any atom is -0.632 e. The van der Waals surface area contributed by atoms with Crippen LogP contribution < -0.4 is 4.74 Å². The summed E-state index contributed by atoms with van der Waals surface area (Å²) in [7, 11) is 0. The highest BCUT2D eigenvalue weighted by Crippen LogP contribution is 2.66. The number of Topliss-reactive ketones (excluding diaryl/α,β-unsaturated/α-hetero) is 1. The molecule has 0 aromatic heterocycles. The minimum absolute atomic E-state index is 0.0209. The first-order valence-corrected chi connectivity index (χ1v) is 9.74. The van der Waals surface area contributed by atoms with Crippen molar-refractivity contribution in [3.63, 3.8) is 0 Å². The van der Waals surface area contributed by atoms with Gasteiger partial charge >= 0.3 is 0 Å². The normalized spacial score (nSPS) is 45.2. The molecule has 1 aromatic rings. The van der Waals surface area contributed by atoms with Crippen LogP contribution in [0.5, 0.6) is 11.5 Å². The SMILES string of the molecule is O=C1CCC2(O)[C@H]3Cc4ccc(O)c5c4C2(CC[N+]3([O-])CC2CC2)[C@H]1O5. The van der Waals surface area contributed by atoms with Crippen LogP contribution in [-0.4, -0.2) is 51.5 Å². The van der Waals surface area contributed by atoms with Crippen molar-refractivity contribution < 1.29 is 24.4 Å². The summed E-state index contributed by atoms with van der Waals surface area (Å²) in [6.45, 7) is 0.980. The number of hydrogen-bond acceptors (Lipinski definition) is 5. The molecule has 138 valence electrons. The van der Waals surface area contributed by atoms with Gasteiger partial charge in [-0.25, -0.2) is 0 Å². The van der Waals surface area contributed by atoms with Crippen LogP contribution in [0, 0.1) is 11.1 Å². The van der Waals surface area contributed by atoms with Gasteiger partial charge in [-0.15, -0.1) is 0 Å². The lowest BCUT2D eigenvalue weighted by Crippen LogP contribution is -2.80. The lowest BCUT2D eigenvalue weighted by molar-refractivity contribution is -0.923. The molecule has 1 saturated heterocycles. The molecule has 6 rings (SSSR count). The number of carbonyl (C=O) groups excluding carboxylic acids is 1. The van der Waals surface area contributed by atoms with Gasteiger partial charge in [0.1, 0.15) is 11.6 Å². The predicted octanol–water partition coefficient (Wildman–Crippen LogP) is 1.54. The Balaban J connectivity index is 1.60. The molecule has 1 aromatic carbocycles. The number of carbonyl (C=O) groups is 1. The van der Waals surface area contributed by atoms with Crippen molar-refractivity contribution in [2.45, 2.75) is 61.7 Å². The molecule has 5 aliphatic rings. The van der Waals surface area contributed by atoms with E-state index in [0.717, 1.165) is 24.0 Å². The Morgan fingerprint density at radius 3 is 2.88 bits per heavy atom. The summed E-state index contributed by atoms with van der Waals surface area (Å²) in [5.41, 5.74) is -0.359. The molecule has 6 heteroatoms. The fraction of sp³-hybridized carbons (Fsp3) is 0.650. The Hall–Kier alpha value is -1.63. The monoisotopic (exact) mass is 357 g/mol. The van der Waals surface area contributed by atoms with Crippen LogP contribution in [0.4, 0.5) is 0 Å². The van der Waals surface area contributed by atoms with Gasteiger partial charge in [-0.05, 0) is 30.9 Å². The van der Waals surface area contributed by atoms with Gasteiger partial charge in [-0.2, -0.15) is 0 Å². The Kier molecular flexibility index (Phi) is 2.63. The fourth-order valence-corrected chi connectivity index (χ4v) is 6.54. The number of aliphatic hydroxyl groups is 1. The van der Waals surface area contributed by atoms with Crippen molar-refractivity contribution in [2.24, 2.45) is 5.92 Å². The number of aromatic hydroxyl groups is 1. The molecular weight excluding hydrogens is 334 g/mol. The molecule has 1 spiro atoms. The number of phenolic OH excluding ortho intramolecular Hbond substituents is 1. The summed E-state index contributed by atoms with van der Waals surface area (Å²) in [6.07, 6.45) is 2.91. The Bertz CT molecular complexity index is 851. The Morgan fingerprint density at radius 2 is 2.12 bits per heavy atom. The van der Waals surface area contributed by atoms with E-state index < -0.39 is 23.2 Å². The van der Waals surface area contributed by atoms with Gasteiger partial charge < -0.3 is 24.8 Å². The number of rotatable bonds is 2. The zero-order chi connectivity index (χ0) is 17.9. The number of hydroxylamine groups is 3.